The Hall–Kier alpha value is -0.850. The Morgan fingerprint density at radius 2 is 2.07 bits per heavy atom. The number of nitrogens with two attached hydrogens (primary N) is 1. The first kappa shape index (κ1) is 10.7. The largest absolute Gasteiger partial charge is 0.383 e. The molecule has 0 aliphatic heterocycles. The summed E-state index contributed by atoms with van der Waals surface area (Å²) < 4.78 is 3.34. The van der Waals surface area contributed by atoms with E-state index in [0.717, 1.165) is 14.6 Å². The number of hydrogen-bond donors (Lipinski definition) is 1. The van der Waals surface area contributed by atoms with Crippen molar-refractivity contribution in [1.82, 2.24) is 14.5 Å². The number of aromatic nitrogens is 3. The Balaban J connectivity index is 2.94. The summed E-state index contributed by atoms with van der Waals surface area (Å²) in [5.41, 5.74) is 8.00. The second-order valence-electron chi connectivity index (χ2n) is 3.82. The maximum atomic E-state index is 5.87. The second kappa shape index (κ2) is 3.62. The van der Waals surface area contributed by atoms with Gasteiger partial charge in [0.2, 0.25) is 0 Å². The average Bonchev–Trinajstić information content (AvgIpc) is 2.41. The summed E-state index contributed by atoms with van der Waals surface area (Å²) in [6.45, 7) is 6.37. The molecule has 2 N–H and O–H groups in total. The van der Waals surface area contributed by atoms with Gasteiger partial charge in [-0.25, -0.2) is 9.97 Å². The smallest absolute Gasteiger partial charge is 0.147 e. The van der Waals surface area contributed by atoms with E-state index in [2.05, 4.69) is 57.9 Å². The normalized spacial score (nSPS) is 11.5. The van der Waals surface area contributed by atoms with Crippen LogP contribution in [0.4, 0.5) is 5.82 Å². The molecule has 2 aromatic rings. The van der Waals surface area contributed by atoms with Crippen LogP contribution in [-0.2, 0) is 0 Å². The fourth-order valence-electron chi connectivity index (χ4n) is 1.86. The van der Waals surface area contributed by atoms with Gasteiger partial charge >= 0.3 is 0 Å². The number of nitrogen functional groups attached to an aromatic ring is 1. The molecule has 0 aromatic carbocycles. The van der Waals surface area contributed by atoms with E-state index in [4.69, 9.17) is 5.73 Å². The monoisotopic (exact) mass is 316 g/mol. The summed E-state index contributed by atoms with van der Waals surface area (Å²) >= 11 is 2.30. The van der Waals surface area contributed by atoms with Crippen LogP contribution in [0.2, 0.25) is 0 Å². The van der Waals surface area contributed by atoms with E-state index < -0.39 is 0 Å². The fraction of sp³-hybridized carbons (Fsp3) is 0.400. The van der Waals surface area contributed by atoms with Gasteiger partial charge < -0.3 is 10.3 Å². The maximum absolute atomic E-state index is 5.87. The predicted molar refractivity (Wildman–Crippen MR) is 69.8 cm³/mol. The molecule has 0 atom stereocenters. The topological polar surface area (TPSA) is 56.7 Å². The summed E-state index contributed by atoms with van der Waals surface area (Å²) in [6.07, 6.45) is 1.52. The Morgan fingerprint density at radius 1 is 1.40 bits per heavy atom. The SMILES string of the molecule is Cc1c(I)c2c(N)ncnc2n1C(C)C. The lowest BCUT2D eigenvalue weighted by atomic mass is 10.3. The summed E-state index contributed by atoms with van der Waals surface area (Å²) in [5.74, 6) is 0.562. The van der Waals surface area contributed by atoms with Crippen LogP contribution in [0.5, 0.6) is 0 Å². The molecule has 0 aliphatic carbocycles. The van der Waals surface area contributed by atoms with E-state index in [-0.39, 0.29) is 0 Å². The van der Waals surface area contributed by atoms with Crippen LogP contribution >= 0.6 is 22.6 Å². The molecule has 0 radical (unpaired) electrons. The van der Waals surface area contributed by atoms with Crippen LogP contribution in [0.3, 0.4) is 0 Å². The molecule has 5 heteroatoms. The number of hydrogen-bond acceptors (Lipinski definition) is 3. The minimum Gasteiger partial charge on any atom is -0.383 e. The average molecular weight is 316 g/mol. The summed E-state index contributed by atoms with van der Waals surface area (Å²) in [6, 6.07) is 0.380. The molecule has 0 amide bonds. The van der Waals surface area contributed by atoms with Crippen LogP contribution in [-0.4, -0.2) is 14.5 Å². The second-order valence-corrected chi connectivity index (χ2v) is 4.90. The van der Waals surface area contributed by atoms with Gasteiger partial charge in [-0.15, -0.1) is 0 Å². The van der Waals surface area contributed by atoms with Gasteiger partial charge in [-0.05, 0) is 43.4 Å². The third-order valence-electron chi connectivity index (χ3n) is 2.50. The van der Waals surface area contributed by atoms with Crippen molar-refractivity contribution in [3.8, 4) is 0 Å². The van der Waals surface area contributed by atoms with E-state index >= 15 is 0 Å². The first-order chi connectivity index (χ1) is 7.04. The van der Waals surface area contributed by atoms with E-state index in [9.17, 15) is 0 Å². The molecule has 0 fully saturated rings. The van der Waals surface area contributed by atoms with Crippen molar-refractivity contribution in [2.45, 2.75) is 26.8 Å². The molecule has 0 bridgehead atoms. The molecule has 0 unspecified atom stereocenters. The number of halogens is 1. The van der Waals surface area contributed by atoms with Crippen molar-refractivity contribution in [3.05, 3.63) is 15.6 Å². The fourth-order valence-corrected chi connectivity index (χ4v) is 2.64. The number of rotatable bonds is 1. The first-order valence-electron chi connectivity index (χ1n) is 4.80. The zero-order valence-corrected chi connectivity index (χ0v) is 11.1. The van der Waals surface area contributed by atoms with E-state index in [1.54, 1.807) is 0 Å². The number of nitrogens with zero attached hydrogens (tertiary/aromatic N) is 3. The first-order valence-corrected chi connectivity index (χ1v) is 5.88. The predicted octanol–water partition coefficient (Wildman–Crippen LogP) is 2.51. The molecule has 2 rings (SSSR count). The van der Waals surface area contributed by atoms with Gasteiger partial charge in [0.1, 0.15) is 17.8 Å². The highest BCUT2D eigenvalue weighted by Gasteiger charge is 2.17. The van der Waals surface area contributed by atoms with Gasteiger partial charge in [-0.3, -0.25) is 0 Å². The van der Waals surface area contributed by atoms with Gasteiger partial charge in [0, 0.05) is 15.3 Å². The molecular formula is C10H13IN4. The highest BCUT2D eigenvalue weighted by atomic mass is 127. The molecule has 0 saturated carbocycles. The molecule has 15 heavy (non-hydrogen) atoms. The summed E-state index contributed by atoms with van der Waals surface area (Å²) in [7, 11) is 0. The molecule has 2 heterocycles. The van der Waals surface area contributed by atoms with Crippen molar-refractivity contribution in [3.63, 3.8) is 0 Å². The van der Waals surface area contributed by atoms with Gasteiger partial charge in [0.05, 0.1) is 5.39 Å². The van der Waals surface area contributed by atoms with Crippen LogP contribution in [0, 0.1) is 10.5 Å². The number of anilines is 1. The molecular weight excluding hydrogens is 303 g/mol. The van der Waals surface area contributed by atoms with Gasteiger partial charge in [-0.1, -0.05) is 0 Å². The zero-order chi connectivity index (χ0) is 11.2. The van der Waals surface area contributed by atoms with Crippen LogP contribution in [0.25, 0.3) is 11.0 Å². The lowest BCUT2D eigenvalue weighted by molar-refractivity contribution is 0.601. The third kappa shape index (κ3) is 1.49. The minimum absolute atomic E-state index is 0.380. The molecule has 0 spiro atoms. The highest BCUT2D eigenvalue weighted by molar-refractivity contribution is 14.1. The van der Waals surface area contributed by atoms with Crippen molar-refractivity contribution >= 4 is 39.4 Å². The van der Waals surface area contributed by atoms with E-state index in [1.807, 2.05) is 0 Å². The third-order valence-corrected chi connectivity index (χ3v) is 3.82. The Kier molecular flexibility index (Phi) is 2.57. The van der Waals surface area contributed by atoms with Gasteiger partial charge in [0.15, 0.2) is 0 Å². The summed E-state index contributed by atoms with van der Waals surface area (Å²) in [5, 5.41) is 0.976. The zero-order valence-electron chi connectivity index (χ0n) is 8.95. The molecule has 0 saturated heterocycles. The molecule has 2 aromatic heterocycles. The number of fused-ring (bicyclic) bond motifs is 1. The summed E-state index contributed by atoms with van der Waals surface area (Å²) in [4.78, 5) is 8.34. The van der Waals surface area contributed by atoms with Crippen LogP contribution in [0.1, 0.15) is 25.6 Å². The van der Waals surface area contributed by atoms with Crippen molar-refractivity contribution in [2.24, 2.45) is 0 Å². The van der Waals surface area contributed by atoms with Crippen LogP contribution < -0.4 is 5.73 Å². The molecule has 0 aliphatic rings. The standard InChI is InChI=1S/C10H13IN4/c1-5(2)15-6(3)8(11)7-9(12)13-4-14-10(7)15/h4-5H,1-3H3,(H2,12,13,14). The van der Waals surface area contributed by atoms with Crippen LogP contribution in [0.15, 0.2) is 6.33 Å². The van der Waals surface area contributed by atoms with Crippen molar-refractivity contribution in [1.29, 1.82) is 0 Å². The van der Waals surface area contributed by atoms with Gasteiger partial charge in [0.25, 0.3) is 0 Å². The lowest BCUT2D eigenvalue weighted by Crippen LogP contribution is -2.04. The quantitative estimate of drug-likeness (QED) is 0.823. The Morgan fingerprint density at radius 3 is 2.67 bits per heavy atom. The Bertz CT molecular complexity index is 516. The van der Waals surface area contributed by atoms with E-state index in [1.165, 1.54) is 12.0 Å². The molecule has 4 nitrogen and oxygen atoms in total. The van der Waals surface area contributed by atoms with E-state index in [0.29, 0.717) is 11.9 Å². The maximum Gasteiger partial charge on any atom is 0.147 e. The lowest BCUT2D eigenvalue weighted by Gasteiger charge is -2.11. The van der Waals surface area contributed by atoms with Crippen molar-refractivity contribution < 1.29 is 0 Å². The van der Waals surface area contributed by atoms with Gasteiger partial charge in [-0.2, -0.15) is 0 Å². The molecule has 80 valence electrons. The van der Waals surface area contributed by atoms with Crippen molar-refractivity contribution in [2.75, 3.05) is 5.73 Å². The minimum atomic E-state index is 0.380. The highest BCUT2D eigenvalue weighted by Crippen LogP contribution is 2.31. The Labute approximate surface area is 102 Å².